The van der Waals surface area contributed by atoms with Crippen molar-refractivity contribution in [2.45, 2.75) is 26.4 Å². The van der Waals surface area contributed by atoms with Crippen molar-refractivity contribution in [3.63, 3.8) is 0 Å². The molecule has 0 amide bonds. The first-order chi connectivity index (χ1) is 13.0. The fraction of sp³-hybridized carbons (Fsp3) is 0.450. The molecule has 0 fully saturated rings. The van der Waals surface area contributed by atoms with Crippen LogP contribution < -0.4 is 5.01 Å². The summed E-state index contributed by atoms with van der Waals surface area (Å²) in [5.41, 5.74) is 3.72. The highest BCUT2D eigenvalue weighted by atomic mass is 35.5. The number of hydrogen-bond acceptors (Lipinski definition) is 5. The molecule has 2 aromatic heterocycles. The molecule has 6 nitrogen and oxygen atoms in total. The van der Waals surface area contributed by atoms with E-state index in [2.05, 4.69) is 47.1 Å². The van der Waals surface area contributed by atoms with Crippen molar-refractivity contribution in [2.24, 2.45) is 5.10 Å². The largest absolute Gasteiger partial charge is 0.377 e. The van der Waals surface area contributed by atoms with E-state index >= 15 is 0 Å². The molecule has 1 N–H and O–H groups in total. The minimum Gasteiger partial charge on any atom is -0.377 e. The number of fused-ring (bicyclic) bond motifs is 1. The Morgan fingerprint density at radius 3 is 2.89 bits per heavy atom. The van der Waals surface area contributed by atoms with Gasteiger partial charge in [-0.2, -0.15) is 5.01 Å². The third kappa shape index (κ3) is 5.81. The lowest BCUT2D eigenvalue weighted by molar-refractivity contribution is -0.851. The molecule has 0 saturated carbocycles. The van der Waals surface area contributed by atoms with Crippen LogP contribution in [-0.2, 0) is 4.74 Å². The maximum Gasteiger partial charge on any atom is 0.130 e. The summed E-state index contributed by atoms with van der Waals surface area (Å²) in [6, 6.07) is 5.65. The predicted octanol–water partition coefficient (Wildman–Crippen LogP) is 2.26. The van der Waals surface area contributed by atoms with Crippen LogP contribution in [0.5, 0.6) is 0 Å². The lowest BCUT2D eigenvalue weighted by Crippen LogP contribution is -3.01. The van der Waals surface area contributed by atoms with Crippen LogP contribution in [0.4, 0.5) is 0 Å². The summed E-state index contributed by atoms with van der Waals surface area (Å²) in [5.74, 6) is 0. The quantitative estimate of drug-likeness (QED) is 0.669. The summed E-state index contributed by atoms with van der Waals surface area (Å²) in [5, 5.41) is 6.14. The molecule has 3 heterocycles. The van der Waals surface area contributed by atoms with E-state index in [-0.39, 0.29) is 0 Å². The fourth-order valence-electron chi connectivity index (χ4n) is 2.93. The Labute approximate surface area is 165 Å². The third-order valence-corrected chi connectivity index (χ3v) is 4.64. The van der Waals surface area contributed by atoms with Gasteiger partial charge in [0.05, 0.1) is 35.5 Å². The Morgan fingerprint density at radius 1 is 1.22 bits per heavy atom. The van der Waals surface area contributed by atoms with E-state index in [1.807, 2.05) is 24.5 Å². The van der Waals surface area contributed by atoms with E-state index in [1.54, 1.807) is 6.07 Å². The van der Waals surface area contributed by atoms with Gasteiger partial charge in [0.25, 0.3) is 0 Å². The van der Waals surface area contributed by atoms with Gasteiger partial charge in [0, 0.05) is 31.3 Å². The second-order valence-corrected chi connectivity index (χ2v) is 7.46. The fourth-order valence-corrected chi connectivity index (χ4v) is 3.08. The second kappa shape index (κ2) is 9.37. The molecule has 1 aliphatic rings. The Hall–Kier alpha value is -1.86. The summed E-state index contributed by atoms with van der Waals surface area (Å²) in [6.07, 6.45) is 7.27. The van der Waals surface area contributed by atoms with E-state index in [9.17, 15) is 0 Å². The first kappa shape index (κ1) is 19.9. The molecule has 1 unspecified atom stereocenters. The van der Waals surface area contributed by atoms with Gasteiger partial charge < -0.3 is 9.64 Å². The standard InChI is InChI=1S/C20H26ClN5O/c1-15(2)27-10-9-25(3)7-4-8-26-14-17(13-23-26)16-11-19-18(22-12-16)5-6-20(21)24-19/h5-6,11-15H,4,7-10H2,1-3H3/p+1. The Balaban J connectivity index is 1.51. The number of likely N-dealkylation sites (N-methyl/N-ethyl adjacent to an activating group) is 1. The van der Waals surface area contributed by atoms with Crippen LogP contribution in [0.25, 0.3) is 16.6 Å². The number of rotatable bonds is 9. The van der Waals surface area contributed by atoms with Gasteiger partial charge in [0.1, 0.15) is 17.9 Å². The number of aromatic nitrogens is 2. The van der Waals surface area contributed by atoms with Gasteiger partial charge in [-0.1, -0.05) is 16.7 Å². The lowest BCUT2D eigenvalue weighted by atomic mass is 10.1. The summed E-state index contributed by atoms with van der Waals surface area (Å²) in [6.45, 7) is 7.85. The molecule has 1 aliphatic heterocycles. The van der Waals surface area contributed by atoms with Crippen molar-refractivity contribution < 1.29 is 9.75 Å². The zero-order valence-corrected chi connectivity index (χ0v) is 16.9. The Bertz CT molecular complexity index is 836. The molecule has 3 rings (SSSR count). The van der Waals surface area contributed by atoms with Crippen LogP contribution >= 0.6 is 11.6 Å². The topological polar surface area (TPSA) is 55.0 Å². The zero-order valence-electron chi connectivity index (χ0n) is 16.2. The van der Waals surface area contributed by atoms with Crippen LogP contribution in [0.1, 0.15) is 25.8 Å². The molecular weight excluding hydrogens is 362 g/mol. The number of nitrogens with zero attached hydrogens (tertiary/aromatic N) is 4. The highest BCUT2D eigenvalue weighted by Gasteiger charge is 2.15. The van der Waals surface area contributed by atoms with Gasteiger partial charge in [0.2, 0.25) is 0 Å². The van der Waals surface area contributed by atoms with Crippen LogP contribution in [0, 0.1) is 0 Å². The minimum absolute atomic E-state index is 0.293. The molecule has 0 aliphatic carbocycles. The molecule has 144 valence electrons. The number of pyridine rings is 2. The van der Waals surface area contributed by atoms with Gasteiger partial charge in [0.15, 0.2) is 0 Å². The number of quaternary nitrogens is 1. The molecule has 0 radical (unpaired) electrons. The van der Waals surface area contributed by atoms with Crippen LogP contribution in [0.15, 0.2) is 35.7 Å². The maximum atomic E-state index is 5.99. The van der Waals surface area contributed by atoms with Gasteiger partial charge in [-0.15, -0.1) is 0 Å². The smallest absolute Gasteiger partial charge is 0.130 e. The zero-order chi connectivity index (χ0) is 19.2. The molecule has 1 atom stereocenters. The Kier molecular flexibility index (Phi) is 6.90. The van der Waals surface area contributed by atoms with E-state index < -0.39 is 0 Å². The average molecular weight is 389 g/mol. The van der Waals surface area contributed by atoms with Crippen LogP contribution in [0.2, 0.25) is 5.15 Å². The van der Waals surface area contributed by atoms with Crippen molar-refractivity contribution in [3.8, 4) is 0 Å². The molecule has 0 bridgehead atoms. The summed E-state index contributed by atoms with van der Waals surface area (Å²) in [4.78, 5) is 11.1. The van der Waals surface area contributed by atoms with Crippen LogP contribution in [-0.4, -0.2) is 60.5 Å². The van der Waals surface area contributed by atoms with E-state index in [0.717, 1.165) is 59.8 Å². The van der Waals surface area contributed by atoms with Crippen molar-refractivity contribution in [3.05, 3.63) is 41.3 Å². The van der Waals surface area contributed by atoms with Gasteiger partial charge in [-0.25, -0.2) is 4.98 Å². The number of hydrogen-bond donors (Lipinski definition) is 1. The van der Waals surface area contributed by atoms with Crippen molar-refractivity contribution in [1.82, 2.24) is 14.9 Å². The minimum atomic E-state index is 0.293. The average Bonchev–Trinajstić information content (AvgIpc) is 3.09. The molecule has 2 aromatic rings. The van der Waals surface area contributed by atoms with Crippen molar-refractivity contribution in [1.29, 1.82) is 0 Å². The lowest BCUT2D eigenvalue weighted by Gasteiger charge is -2.17. The van der Waals surface area contributed by atoms with Gasteiger partial charge in [-0.05, 0) is 39.1 Å². The monoisotopic (exact) mass is 388 g/mol. The number of ether oxygens (including phenoxy) is 1. The SMILES string of the molecule is CC(C)OCCN(C)CCC[NH+]1C=C(c2cnc3ccc(Cl)nc3c2)C=N1. The summed E-state index contributed by atoms with van der Waals surface area (Å²) >= 11 is 5.99. The Morgan fingerprint density at radius 2 is 2.07 bits per heavy atom. The molecular formula is C20H27ClN5O+. The molecule has 27 heavy (non-hydrogen) atoms. The highest BCUT2D eigenvalue weighted by Crippen LogP contribution is 2.18. The van der Waals surface area contributed by atoms with Gasteiger partial charge in [-0.3, -0.25) is 4.98 Å². The molecule has 0 spiro atoms. The van der Waals surface area contributed by atoms with Gasteiger partial charge >= 0.3 is 0 Å². The summed E-state index contributed by atoms with van der Waals surface area (Å²) in [7, 11) is 2.13. The van der Waals surface area contributed by atoms with E-state index in [0.29, 0.717) is 11.3 Å². The molecule has 0 saturated heterocycles. The highest BCUT2D eigenvalue weighted by molar-refractivity contribution is 6.29. The maximum absolute atomic E-state index is 5.99. The van der Waals surface area contributed by atoms with Crippen molar-refractivity contribution in [2.75, 3.05) is 33.3 Å². The number of allylic oxidation sites excluding steroid dienone is 1. The second-order valence-electron chi connectivity index (χ2n) is 7.07. The van der Waals surface area contributed by atoms with Crippen LogP contribution in [0.3, 0.4) is 0 Å². The van der Waals surface area contributed by atoms with E-state index in [4.69, 9.17) is 16.3 Å². The first-order valence-corrected chi connectivity index (χ1v) is 9.73. The normalized spacial score (nSPS) is 16.7. The predicted molar refractivity (Wildman–Crippen MR) is 110 cm³/mol. The number of nitrogens with one attached hydrogen (secondary N) is 1. The molecule has 0 aromatic carbocycles. The van der Waals surface area contributed by atoms with Crippen molar-refractivity contribution >= 4 is 34.4 Å². The first-order valence-electron chi connectivity index (χ1n) is 9.35. The third-order valence-electron chi connectivity index (χ3n) is 4.43. The summed E-state index contributed by atoms with van der Waals surface area (Å²) < 4.78 is 5.59. The number of halogens is 1. The van der Waals surface area contributed by atoms with E-state index in [1.165, 1.54) is 0 Å². The molecule has 7 heteroatoms.